The van der Waals surface area contributed by atoms with E-state index in [1.54, 1.807) is 70.6 Å². The van der Waals surface area contributed by atoms with Crippen LogP contribution in [-0.4, -0.2) is 24.4 Å². The normalized spacial score (nSPS) is 11.5. The number of hydrogen-bond donors (Lipinski definition) is 1. The Labute approximate surface area is 417 Å². The molecule has 0 saturated heterocycles. The van der Waals surface area contributed by atoms with Gasteiger partial charge in [-0.15, -0.1) is 12.6 Å². The van der Waals surface area contributed by atoms with Crippen molar-refractivity contribution in [3.8, 4) is 23.0 Å². The zero-order valence-electron chi connectivity index (χ0n) is 37.8. The third-order valence-electron chi connectivity index (χ3n) is 8.77. The lowest BCUT2D eigenvalue weighted by Crippen LogP contribution is -2.05. The molecule has 0 unspecified atom stereocenters. The minimum absolute atomic E-state index is 0.126. The van der Waals surface area contributed by atoms with Gasteiger partial charge in [0, 0.05) is 63.6 Å². The average molecular weight is 991 g/mol. The largest absolute Gasteiger partial charge is 0.491 e. The number of hydrogen-bond acceptors (Lipinski definition) is 11. The first-order chi connectivity index (χ1) is 31.2. The molecule has 0 atom stereocenters. The molecule has 7 rings (SSSR count). The van der Waals surface area contributed by atoms with Crippen molar-refractivity contribution in [1.82, 2.24) is 0 Å². The molecule has 0 aromatic heterocycles. The zero-order chi connectivity index (χ0) is 45.9. The highest BCUT2D eigenvalue weighted by Gasteiger charge is 2.13. The smallest absolute Gasteiger partial charge is 0.119 e. The van der Waals surface area contributed by atoms with E-state index >= 15 is 0 Å². The van der Waals surface area contributed by atoms with Crippen molar-refractivity contribution in [2.45, 2.75) is 143 Å². The van der Waals surface area contributed by atoms with E-state index in [1.807, 2.05) is 104 Å². The molecule has 0 fully saturated rings. The van der Waals surface area contributed by atoms with Gasteiger partial charge in [0.2, 0.25) is 0 Å². The fourth-order valence-electron chi connectivity index (χ4n) is 6.37. The molecular formula is C54H54O4S7. The summed E-state index contributed by atoms with van der Waals surface area (Å²) in [6, 6.07) is 53.7. The molecule has 0 radical (unpaired) electrons. The van der Waals surface area contributed by atoms with Gasteiger partial charge in [-0.2, -0.15) is 0 Å². The Kier molecular flexibility index (Phi) is 18.0. The van der Waals surface area contributed by atoms with E-state index in [4.69, 9.17) is 31.6 Å². The maximum atomic E-state index is 5.92. The molecule has 7 aromatic rings. The maximum Gasteiger partial charge on any atom is 0.119 e. The zero-order valence-corrected chi connectivity index (χ0v) is 43.6. The molecule has 336 valence electrons. The summed E-state index contributed by atoms with van der Waals surface area (Å²) in [7, 11) is 0. The lowest BCUT2D eigenvalue weighted by Gasteiger charge is -2.14. The van der Waals surface area contributed by atoms with Gasteiger partial charge in [0.05, 0.1) is 24.4 Å². The van der Waals surface area contributed by atoms with Crippen LogP contribution in [0.25, 0.3) is 0 Å². The Morgan fingerprint density at radius 2 is 0.431 bits per heavy atom. The minimum atomic E-state index is 0.126. The first kappa shape index (κ1) is 49.1. The van der Waals surface area contributed by atoms with Crippen molar-refractivity contribution in [2.75, 3.05) is 0 Å². The Balaban J connectivity index is 1.15. The molecule has 0 amide bonds. The van der Waals surface area contributed by atoms with Crippen LogP contribution >= 0.6 is 83.2 Å². The summed E-state index contributed by atoms with van der Waals surface area (Å²) in [5.41, 5.74) is 0. The van der Waals surface area contributed by atoms with Crippen molar-refractivity contribution in [2.24, 2.45) is 0 Å². The highest BCUT2D eigenvalue weighted by Crippen LogP contribution is 2.44. The Morgan fingerprint density at radius 1 is 0.262 bits per heavy atom. The Bertz CT molecular complexity index is 2290. The van der Waals surface area contributed by atoms with Gasteiger partial charge in [0.15, 0.2) is 0 Å². The van der Waals surface area contributed by atoms with Crippen LogP contribution in [0, 0.1) is 0 Å². The van der Waals surface area contributed by atoms with Crippen LogP contribution in [-0.2, 0) is 0 Å². The van der Waals surface area contributed by atoms with Gasteiger partial charge in [-0.1, -0.05) is 70.6 Å². The molecule has 0 aliphatic rings. The van der Waals surface area contributed by atoms with Gasteiger partial charge in [0.1, 0.15) is 23.0 Å². The molecule has 7 aromatic carbocycles. The van der Waals surface area contributed by atoms with E-state index in [2.05, 4.69) is 103 Å². The van der Waals surface area contributed by atoms with Crippen molar-refractivity contribution >= 4 is 83.2 Å². The molecule has 4 nitrogen and oxygen atoms in total. The second kappa shape index (κ2) is 23.8. The van der Waals surface area contributed by atoms with Gasteiger partial charge in [-0.25, -0.2) is 0 Å². The second-order valence-electron chi connectivity index (χ2n) is 16.1. The van der Waals surface area contributed by atoms with Gasteiger partial charge < -0.3 is 18.9 Å². The monoisotopic (exact) mass is 990 g/mol. The highest BCUT2D eigenvalue weighted by molar-refractivity contribution is 8.01. The van der Waals surface area contributed by atoms with Gasteiger partial charge in [-0.05, 0) is 207 Å². The first-order valence-electron chi connectivity index (χ1n) is 21.5. The average Bonchev–Trinajstić information content (AvgIpc) is 3.23. The minimum Gasteiger partial charge on any atom is -0.491 e. The van der Waals surface area contributed by atoms with E-state index in [0.717, 1.165) is 86.6 Å². The van der Waals surface area contributed by atoms with Crippen LogP contribution < -0.4 is 18.9 Å². The predicted molar refractivity (Wildman–Crippen MR) is 280 cm³/mol. The summed E-state index contributed by atoms with van der Waals surface area (Å²) in [5, 5.41) is 0. The summed E-state index contributed by atoms with van der Waals surface area (Å²) in [6.45, 7) is 16.4. The predicted octanol–water partition coefficient (Wildman–Crippen LogP) is 18.0. The molecular weight excluding hydrogens is 937 g/mol. The molecule has 11 heteroatoms. The van der Waals surface area contributed by atoms with Crippen molar-refractivity contribution in [3.05, 3.63) is 152 Å². The van der Waals surface area contributed by atoms with Crippen LogP contribution in [0.3, 0.4) is 0 Å². The Hall–Kier alpha value is -3.81. The summed E-state index contributed by atoms with van der Waals surface area (Å²) in [5.74, 6) is 3.50. The molecule has 0 aliphatic carbocycles. The molecule has 0 bridgehead atoms. The van der Waals surface area contributed by atoms with Crippen LogP contribution in [0.15, 0.2) is 215 Å². The summed E-state index contributed by atoms with van der Waals surface area (Å²) in [6.07, 6.45) is 0.505. The van der Waals surface area contributed by atoms with E-state index in [-0.39, 0.29) is 24.4 Å². The lowest BCUT2D eigenvalue weighted by molar-refractivity contribution is 0.242. The molecule has 0 aliphatic heterocycles. The fraction of sp³-hybridized carbons (Fsp3) is 0.222. The molecule has 0 N–H and O–H groups in total. The maximum absolute atomic E-state index is 5.92. The van der Waals surface area contributed by atoms with E-state index in [1.165, 1.54) is 0 Å². The fourth-order valence-corrected chi connectivity index (χ4v) is 13.0. The number of thiol groups is 1. The SMILES string of the molecule is CC(C)Oc1ccc(Sc2cc(Sc3ccc(OC(C)C)cc3)cc(Sc3cc(S)cc(Sc4cc(Sc5ccc(OC(C)C)cc5)cc(Sc5ccc(OC(C)C)cc5)c4)c3)c2)cc1. The van der Waals surface area contributed by atoms with E-state index in [9.17, 15) is 0 Å². The summed E-state index contributed by atoms with van der Waals surface area (Å²) >= 11 is 15.5. The van der Waals surface area contributed by atoms with Crippen LogP contribution in [0.2, 0.25) is 0 Å². The lowest BCUT2D eigenvalue weighted by atomic mass is 10.3. The number of ether oxygens (including phenoxy) is 4. The molecule has 0 spiro atoms. The molecule has 0 heterocycles. The summed E-state index contributed by atoms with van der Waals surface area (Å²) in [4.78, 5) is 14.7. The first-order valence-corrected chi connectivity index (χ1v) is 26.9. The Morgan fingerprint density at radius 3 is 0.615 bits per heavy atom. The van der Waals surface area contributed by atoms with Gasteiger partial charge in [-0.3, -0.25) is 0 Å². The van der Waals surface area contributed by atoms with Crippen LogP contribution in [0.5, 0.6) is 23.0 Å². The van der Waals surface area contributed by atoms with Crippen molar-refractivity contribution in [1.29, 1.82) is 0 Å². The van der Waals surface area contributed by atoms with Crippen molar-refractivity contribution in [3.63, 3.8) is 0 Å². The number of benzene rings is 7. The van der Waals surface area contributed by atoms with Gasteiger partial charge in [0.25, 0.3) is 0 Å². The second-order valence-corrected chi connectivity index (χ2v) is 23.5. The number of rotatable bonds is 20. The standard InChI is InChI=1S/C54H54O4S7/c1-34(2)55-38-9-17-43(18-10-38)60-49-28-50(61-44-19-11-39(12-20-44)56-35(3)4)31-53(30-49)64-47-25-42(59)26-48(27-47)65-54-32-51(62-45-21-13-40(14-22-45)57-36(5)6)29-52(33-54)63-46-23-15-41(16-24-46)58-37(7)8/h9-37,59H,1-8H3. The molecule has 65 heavy (non-hydrogen) atoms. The third kappa shape index (κ3) is 16.2. The van der Waals surface area contributed by atoms with Gasteiger partial charge >= 0.3 is 0 Å². The van der Waals surface area contributed by atoms with E-state index in [0.29, 0.717) is 0 Å². The molecule has 0 saturated carbocycles. The van der Waals surface area contributed by atoms with Crippen LogP contribution in [0.4, 0.5) is 0 Å². The quantitative estimate of drug-likeness (QED) is 0.0747. The van der Waals surface area contributed by atoms with Crippen molar-refractivity contribution < 1.29 is 18.9 Å². The van der Waals surface area contributed by atoms with E-state index < -0.39 is 0 Å². The highest BCUT2D eigenvalue weighted by atomic mass is 32.2. The van der Waals surface area contributed by atoms with Crippen LogP contribution in [0.1, 0.15) is 55.4 Å². The summed E-state index contributed by atoms with van der Waals surface area (Å²) < 4.78 is 23.7. The topological polar surface area (TPSA) is 36.9 Å². The third-order valence-corrected chi connectivity index (χ3v) is 14.8.